The Morgan fingerprint density at radius 3 is 1.04 bits per heavy atom. The van der Waals surface area contributed by atoms with Crippen LogP contribution >= 0.6 is 0 Å². The van der Waals surface area contributed by atoms with Crippen molar-refractivity contribution in [3.8, 4) is 33.4 Å². The molecule has 0 spiro atoms. The van der Waals surface area contributed by atoms with Crippen molar-refractivity contribution in [3.63, 3.8) is 0 Å². The number of hydrogen-bond donors (Lipinski definition) is 1. The first-order chi connectivity index (χ1) is 13.1. The lowest BCUT2D eigenvalue weighted by molar-refractivity contribution is 1.46. The lowest BCUT2D eigenvalue weighted by Crippen LogP contribution is -1.88. The van der Waals surface area contributed by atoms with E-state index in [4.69, 9.17) is 5.73 Å². The van der Waals surface area contributed by atoms with Crippen LogP contribution in [-0.4, -0.2) is 0 Å². The quantitative estimate of drug-likeness (QED) is 0.401. The van der Waals surface area contributed by atoms with Gasteiger partial charge in [-0.1, -0.05) is 71.8 Å². The minimum Gasteiger partial charge on any atom is -0.399 e. The highest BCUT2D eigenvalue weighted by molar-refractivity contribution is 5.81. The second-order valence-corrected chi connectivity index (χ2v) is 7.15. The van der Waals surface area contributed by atoms with Gasteiger partial charge in [0, 0.05) is 5.69 Å². The molecule has 0 aliphatic carbocycles. The molecule has 0 radical (unpaired) electrons. The van der Waals surface area contributed by atoms with Crippen LogP contribution in [0.15, 0.2) is 91.0 Å². The van der Waals surface area contributed by atoms with Gasteiger partial charge in [-0.05, 0) is 77.6 Å². The first-order valence-corrected chi connectivity index (χ1v) is 9.23. The van der Waals surface area contributed by atoms with Crippen molar-refractivity contribution >= 4 is 5.69 Å². The molecule has 132 valence electrons. The average molecular weight is 349 g/mol. The lowest BCUT2D eigenvalue weighted by atomic mass is 9.93. The number of hydrogen-bond acceptors (Lipinski definition) is 1. The van der Waals surface area contributed by atoms with E-state index in [2.05, 4.69) is 92.7 Å². The van der Waals surface area contributed by atoms with Gasteiger partial charge in [0.2, 0.25) is 0 Å². The Bertz CT molecular complexity index is 903. The van der Waals surface area contributed by atoms with Gasteiger partial charge in [-0.2, -0.15) is 0 Å². The molecule has 0 aromatic heterocycles. The lowest BCUT2D eigenvalue weighted by Gasteiger charge is -2.12. The molecular weight excluding hydrogens is 326 g/mol. The zero-order chi connectivity index (χ0) is 18.8. The molecule has 0 heterocycles. The van der Waals surface area contributed by atoms with E-state index >= 15 is 0 Å². The molecule has 0 aliphatic rings. The molecule has 0 bridgehead atoms. The standard InChI is InChI=1S/C26H23N/c1-18-3-7-20(8-4-18)23-15-24(21-9-5-19(2)6-10-21)17-25(16-23)22-11-13-26(27)14-12-22/h3-17H,27H2,1-2H3. The predicted octanol–water partition coefficient (Wildman–Crippen LogP) is 6.89. The zero-order valence-electron chi connectivity index (χ0n) is 15.7. The molecule has 0 saturated heterocycles. The van der Waals surface area contributed by atoms with Crippen LogP contribution in [0.3, 0.4) is 0 Å². The number of anilines is 1. The van der Waals surface area contributed by atoms with Crippen molar-refractivity contribution in [1.82, 2.24) is 0 Å². The van der Waals surface area contributed by atoms with Crippen molar-refractivity contribution in [2.24, 2.45) is 0 Å². The summed E-state index contributed by atoms with van der Waals surface area (Å²) < 4.78 is 0. The van der Waals surface area contributed by atoms with Crippen molar-refractivity contribution in [1.29, 1.82) is 0 Å². The number of nitrogen functional groups attached to an aromatic ring is 1. The van der Waals surface area contributed by atoms with Gasteiger partial charge in [-0.15, -0.1) is 0 Å². The molecule has 0 amide bonds. The van der Waals surface area contributed by atoms with Crippen molar-refractivity contribution in [2.75, 3.05) is 5.73 Å². The molecule has 4 aromatic carbocycles. The number of aryl methyl sites for hydroxylation is 2. The fourth-order valence-corrected chi connectivity index (χ4v) is 3.30. The third-order valence-electron chi connectivity index (χ3n) is 4.95. The zero-order valence-corrected chi connectivity index (χ0v) is 15.7. The van der Waals surface area contributed by atoms with E-state index in [1.54, 1.807) is 0 Å². The minimum absolute atomic E-state index is 0.784. The molecular formula is C26H23N. The van der Waals surface area contributed by atoms with E-state index in [-0.39, 0.29) is 0 Å². The van der Waals surface area contributed by atoms with E-state index in [9.17, 15) is 0 Å². The first kappa shape index (κ1) is 17.1. The molecule has 27 heavy (non-hydrogen) atoms. The molecule has 0 atom stereocenters. The van der Waals surface area contributed by atoms with Gasteiger partial charge in [0.25, 0.3) is 0 Å². The molecule has 2 N–H and O–H groups in total. The summed E-state index contributed by atoms with van der Waals surface area (Å²) in [5.74, 6) is 0. The van der Waals surface area contributed by atoms with Crippen LogP contribution in [0.25, 0.3) is 33.4 Å². The minimum atomic E-state index is 0.784. The summed E-state index contributed by atoms with van der Waals surface area (Å²) in [7, 11) is 0. The summed E-state index contributed by atoms with van der Waals surface area (Å²) in [4.78, 5) is 0. The van der Waals surface area contributed by atoms with Gasteiger partial charge in [0.05, 0.1) is 0 Å². The second kappa shape index (κ2) is 7.13. The summed E-state index contributed by atoms with van der Waals surface area (Å²) in [6.45, 7) is 4.23. The molecule has 4 rings (SSSR count). The summed E-state index contributed by atoms with van der Waals surface area (Å²) in [5, 5.41) is 0. The van der Waals surface area contributed by atoms with Gasteiger partial charge in [-0.3, -0.25) is 0 Å². The Morgan fingerprint density at radius 2 is 0.704 bits per heavy atom. The van der Waals surface area contributed by atoms with Crippen LogP contribution in [0, 0.1) is 13.8 Å². The molecule has 0 fully saturated rings. The van der Waals surface area contributed by atoms with E-state index in [1.807, 2.05) is 12.1 Å². The van der Waals surface area contributed by atoms with E-state index in [0.717, 1.165) is 5.69 Å². The van der Waals surface area contributed by atoms with Crippen LogP contribution in [0.4, 0.5) is 5.69 Å². The summed E-state index contributed by atoms with van der Waals surface area (Å²) in [6, 6.07) is 32.3. The van der Waals surface area contributed by atoms with Gasteiger partial charge >= 0.3 is 0 Å². The highest BCUT2D eigenvalue weighted by atomic mass is 14.5. The van der Waals surface area contributed by atoms with Crippen molar-refractivity contribution < 1.29 is 0 Å². The Balaban J connectivity index is 1.89. The Morgan fingerprint density at radius 1 is 0.407 bits per heavy atom. The van der Waals surface area contributed by atoms with E-state index in [1.165, 1.54) is 44.5 Å². The summed E-state index contributed by atoms with van der Waals surface area (Å²) in [5.41, 5.74) is 16.5. The van der Waals surface area contributed by atoms with E-state index in [0.29, 0.717) is 0 Å². The van der Waals surface area contributed by atoms with Gasteiger partial charge in [0.1, 0.15) is 0 Å². The van der Waals surface area contributed by atoms with Gasteiger partial charge in [0.15, 0.2) is 0 Å². The normalized spacial score (nSPS) is 10.7. The maximum Gasteiger partial charge on any atom is 0.0314 e. The maximum atomic E-state index is 5.87. The molecule has 0 saturated carbocycles. The number of rotatable bonds is 3. The third kappa shape index (κ3) is 3.78. The third-order valence-corrected chi connectivity index (χ3v) is 4.95. The topological polar surface area (TPSA) is 26.0 Å². The van der Waals surface area contributed by atoms with Crippen LogP contribution in [-0.2, 0) is 0 Å². The molecule has 1 nitrogen and oxygen atoms in total. The van der Waals surface area contributed by atoms with Gasteiger partial charge in [-0.25, -0.2) is 0 Å². The number of benzene rings is 4. The molecule has 0 aliphatic heterocycles. The van der Waals surface area contributed by atoms with E-state index < -0.39 is 0 Å². The summed E-state index contributed by atoms with van der Waals surface area (Å²) in [6.07, 6.45) is 0. The van der Waals surface area contributed by atoms with Crippen LogP contribution in [0.5, 0.6) is 0 Å². The highest BCUT2D eigenvalue weighted by Crippen LogP contribution is 2.33. The fraction of sp³-hybridized carbons (Fsp3) is 0.0769. The predicted molar refractivity (Wildman–Crippen MR) is 117 cm³/mol. The van der Waals surface area contributed by atoms with Crippen LogP contribution in [0.1, 0.15) is 11.1 Å². The molecule has 4 aromatic rings. The van der Waals surface area contributed by atoms with Crippen molar-refractivity contribution in [2.45, 2.75) is 13.8 Å². The monoisotopic (exact) mass is 349 g/mol. The Hall–Kier alpha value is -3.32. The SMILES string of the molecule is Cc1ccc(-c2cc(-c3ccc(C)cc3)cc(-c3ccc(N)cc3)c2)cc1. The van der Waals surface area contributed by atoms with Crippen LogP contribution < -0.4 is 5.73 Å². The maximum absolute atomic E-state index is 5.87. The Kier molecular flexibility index (Phi) is 4.52. The smallest absolute Gasteiger partial charge is 0.0314 e. The van der Waals surface area contributed by atoms with Crippen molar-refractivity contribution in [3.05, 3.63) is 102 Å². The molecule has 0 unspecified atom stereocenters. The largest absolute Gasteiger partial charge is 0.399 e. The fourth-order valence-electron chi connectivity index (χ4n) is 3.30. The number of nitrogens with two attached hydrogens (primary N) is 1. The second-order valence-electron chi connectivity index (χ2n) is 7.15. The Labute approximate surface area is 161 Å². The highest BCUT2D eigenvalue weighted by Gasteiger charge is 2.07. The first-order valence-electron chi connectivity index (χ1n) is 9.23. The average Bonchev–Trinajstić information content (AvgIpc) is 2.69. The summed E-state index contributed by atoms with van der Waals surface area (Å²) >= 11 is 0. The van der Waals surface area contributed by atoms with Crippen LogP contribution in [0.2, 0.25) is 0 Å². The van der Waals surface area contributed by atoms with Gasteiger partial charge < -0.3 is 5.73 Å². The molecule has 1 heteroatoms.